The number of alkyl halides is 3. The average molecular weight is 300 g/mol. The summed E-state index contributed by atoms with van der Waals surface area (Å²) in [7, 11) is 1.49. The molecule has 106 valence electrons. The minimum atomic E-state index is -4.50. The lowest BCUT2D eigenvalue weighted by atomic mass is 10.1. The Morgan fingerprint density at radius 1 is 1.15 bits per heavy atom. The highest BCUT2D eigenvalue weighted by Crippen LogP contribution is 2.32. The first-order valence-corrected chi connectivity index (χ1v) is 6.81. The van der Waals surface area contributed by atoms with Gasteiger partial charge in [-0.25, -0.2) is 9.97 Å². The van der Waals surface area contributed by atoms with Crippen LogP contribution in [0.4, 0.5) is 13.2 Å². The van der Waals surface area contributed by atoms with Crippen molar-refractivity contribution in [1.29, 1.82) is 0 Å². The number of thioether (sulfide) groups is 1. The molecule has 3 nitrogen and oxygen atoms in total. The number of nitrogens with zero attached hydrogens (tertiary/aromatic N) is 2. The SMILES string of the molecule is COc1cccc(-c2cc(C(F)(F)F)nc(SC)n2)c1. The second-order valence-electron chi connectivity index (χ2n) is 3.85. The Morgan fingerprint density at radius 3 is 2.50 bits per heavy atom. The summed E-state index contributed by atoms with van der Waals surface area (Å²) in [5, 5.41) is 0.0812. The van der Waals surface area contributed by atoms with E-state index in [1.54, 1.807) is 30.5 Å². The van der Waals surface area contributed by atoms with Gasteiger partial charge in [0.15, 0.2) is 5.16 Å². The predicted molar refractivity (Wildman–Crippen MR) is 70.8 cm³/mol. The summed E-state index contributed by atoms with van der Waals surface area (Å²) < 4.78 is 43.5. The maximum absolute atomic E-state index is 12.8. The summed E-state index contributed by atoms with van der Waals surface area (Å²) in [6, 6.07) is 7.66. The van der Waals surface area contributed by atoms with Crippen molar-refractivity contribution in [2.75, 3.05) is 13.4 Å². The van der Waals surface area contributed by atoms with Gasteiger partial charge in [0.2, 0.25) is 0 Å². The summed E-state index contributed by atoms with van der Waals surface area (Å²) in [6.07, 6.45) is -2.87. The summed E-state index contributed by atoms with van der Waals surface area (Å²) in [6.45, 7) is 0. The molecule has 0 unspecified atom stereocenters. The van der Waals surface area contributed by atoms with E-state index in [9.17, 15) is 13.2 Å². The molecule has 7 heteroatoms. The van der Waals surface area contributed by atoms with Gasteiger partial charge in [-0.05, 0) is 24.5 Å². The molecule has 20 heavy (non-hydrogen) atoms. The minimum Gasteiger partial charge on any atom is -0.497 e. The van der Waals surface area contributed by atoms with E-state index in [0.717, 1.165) is 17.8 Å². The van der Waals surface area contributed by atoms with Gasteiger partial charge in [0.05, 0.1) is 12.8 Å². The van der Waals surface area contributed by atoms with Crippen molar-refractivity contribution in [2.45, 2.75) is 11.3 Å². The number of benzene rings is 1. The summed E-state index contributed by atoms with van der Waals surface area (Å²) in [5.41, 5.74) is -0.183. The summed E-state index contributed by atoms with van der Waals surface area (Å²) in [4.78, 5) is 7.59. The Kier molecular flexibility index (Phi) is 4.17. The van der Waals surface area contributed by atoms with Crippen LogP contribution < -0.4 is 4.74 Å². The van der Waals surface area contributed by atoms with Crippen molar-refractivity contribution < 1.29 is 17.9 Å². The molecule has 1 aromatic carbocycles. The molecule has 0 aliphatic rings. The van der Waals surface area contributed by atoms with Crippen LogP contribution in [0.25, 0.3) is 11.3 Å². The molecule has 0 saturated carbocycles. The molecule has 0 N–H and O–H groups in total. The predicted octanol–water partition coefficient (Wildman–Crippen LogP) is 3.89. The van der Waals surface area contributed by atoms with E-state index in [1.165, 1.54) is 7.11 Å². The van der Waals surface area contributed by atoms with Gasteiger partial charge in [-0.3, -0.25) is 0 Å². The highest BCUT2D eigenvalue weighted by Gasteiger charge is 2.33. The third-order valence-corrected chi connectivity index (χ3v) is 3.09. The molecule has 0 saturated heterocycles. The largest absolute Gasteiger partial charge is 0.497 e. The van der Waals surface area contributed by atoms with Gasteiger partial charge in [0, 0.05) is 5.56 Å². The quantitative estimate of drug-likeness (QED) is 0.636. The van der Waals surface area contributed by atoms with E-state index in [4.69, 9.17) is 4.74 Å². The number of hydrogen-bond donors (Lipinski definition) is 0. The Morgan fingerprint density at radius 2 is 1.90 bits per heavy atom. The van der Waals surface area contributed by atoms with Crippen LogP contribution in [0.2, 0.25) is 0 Å². The molecule has 0 radical (unpaired) electrons. The average Bonchev–Trinajstić information content (AvgIpc) is 2.46. The fraction of sp³-hybridized carbons (Fsp3) is 0.231. The number of halogens is 3. The first kappa shape index (κ1) is 14.6. The van der Waals surface area contributed by atoms with Gasteiger partial charge >= 0.3 is 6.18 Å². The maximum Gasteiger partial charge on any atom is 0.433 e. The Balaban J connectivity index is 2.55. The molecular formula is C13H11F3N2OS. The molecule has 0 fully saturated rings. The van der Waals surface area contributed by atoms with Gasteiger partial charge in [-0.2, -0.15) is 13.2 Å². The van der Waals surface area contributed by atoms with Crippen LogP contribution in [0.3, 0.4) is 0 Å². The molecule has 0 aliphatic heterocycles. The van der Waals surface area contributed by atoms with Crippen LogP contribution in [0, 0.1) is 0 Å². The van der Waals surface area contributed by atoms with Crippen molar-refractivity contribution in [3.63, 3.8) is 0 Å². The van der Waals surface area contributed by atoms with Gasteiger partial charge in [-0.15, -0.1) is 0 Å². The number of ether oxygens (including phenoxy) is 1. The van der Waals surface area contributed by atoms with E-state index in [-0.39, 0.29) is 10.9 Å². The normalized spacial score (nSPS) is 11.4. The van der Waals surface area contributed by atoms with Crippen LogP contribution in [0.5, 0.6) is 5.75 Å². The lowest BCUT2D eigenvalue weighted by Crippen LogP contribution is -2.10. The van der Waals surface area contributed by atoms with Crippen molar-refractivity contribution in [2.24, 2.45) is 0 Å². The third kappa shape index (κ3) is 3.22. The van der Waals surface area contributed by atoms with Crippen molar-refractivity contribution in [3.8, 4) is 17.0 Å². The number of aromatic nitrogens is 2. The smallest absolute Gasteiger partial charge is 0.433 e. The highest BCUT2D eigenvalue weighted by atomic mass is 32.2. The van der Waals surface area contributed by atoms with Crippen LogP contribution in [-0.2, 0) is 6.18 Å². The fourth-order valence-electron chi connectivity index (χ4n) is 1.59. The third-order valence-electron chi connectivity index (χ3n) is 2.54. The van der Waals surface area contributed by atoms with Gasteiger partial charge in [0.1, 0.15) is 11.4 Å². The van der Waals surface area contributed by atoms with E-state index >= 15 is 0 Å². The molecule has 0 aliphatic carbocycles. The standard InChI is InChI=1S/C13H11F3N2OS/c1-19-9-5-3-4-8(6-9)10-7-11(13(14,15)16)18-12(17-10)20-2/h3-7H,1-2H3. The Hall–Kier alpha value is -1.76. The first-order valence-electron chi connectivity index (χ1n) is 5.58. The van der Waals surface area contributed by atoms with Crippen LogP contribution in [0.15, 0.2) is 35.5 Å². The fourth-order valence-corrected chi connectivity index (χ4v) is 1.97. The van der Waals surface area contributed by atoms with E-state index in [2.05, 4.69) is 9.97 Å². The zero-order valence-electron chi connectivity index (χ0n) is 10.7. The monoisotopic (exact) mass is 300 g/mol. The number of hydrogen-bond acceptors (Lipinski definition) is 4. The van der Waals surface area contributed by atoms with E-state index < -0.39 is 11.9 Å². The number of methoxy groups -OCH3 is 1. The highest BCUT2D eigenvalue weighted by molar-refractivity contribution is 7.98. The molecule has 0 spiro atoms. The lowest BCUT2D eigenvalue weighted by molar-refractivity contribution is -0.141. The first-order chi connectivity index (χ1) is 9.44. The summed E-state index contributed by atoms with van der Waals surface area (Å²) in [5.74, 6) is 0.556. The van der Waals surface area contributed by atoms with Crippen LogP contribution in [-0.4, -0.2) is 23.3 Å². The van der Waals surface area contributed by atoms with Crippen molar-refractivity contribution in [3.05, 3.63) is 36.0 Å². The topological polar surface area (TPSA) is 35.0 Å². The van der Waals surface area contributed by atoms with E-state index in [0.29, 0.717) is 11.3 Å². The van der Waals surface area contributed by atoms with E-state index in [1.807, 2.05) is 0 Å². The summed E-state index contributed by atoms with van der Waals surface area (Å²) >= 11 is 1.06. The number of rotatable bonds is 3. The second kappa shape index (κ2) is 5.70. The zero-order chi connectivity index (χ0) is 14.8. The molecule has 0 bridgehead atoms. The van der Waals surface area contributed by atoms with Gasteiger partial charge < -0.3 is 4.74 Å². The minimum absolute atomic E-state index is 0.0812. The molecule has 2 rings (SSSR count). The second-order valence-corrected chi connectivity index (χ2v) is 4.63. The maximum atomic E-state index is 12.8. The molecule has 1 heterocycles. The lowest BCUT2D eigenvalue weighted by Gasteiger charge is -2.10. The molecule has 0 amide bonds. The van der Waals surface area contributed by atoms with Crippen molar-refractivity contribution in [1.82, 2.24) is 9.97 Å². The molecule has 0 atom stereocenters. The van der Waals surface area contributed by atoms with Crippen molar-refractivity contribution >= 4 is 11.8 Å². The van der Waals surface area contributed by atoms with Gasteiger partial charge in [-0.1, -0.05) is 23.9 Å². The molecular weight excluding hydrogens is 289 g/mol. The Labute approximate surface area is 118 Å². The Bertz CT molecular complexity index is 617. The zero-order valence-corrected chi connectivity index (χ0v) is 11.5. The van der Waals surface area contributed by atoms with Gasteiger partial charge in [0.25, 0.3) is 0 Å². The molecule has 1 aromatic heterocycles. The molecule has 2 aromatic rings. The van der Waals surface area contributed by atoms with Crippen LogP contribution >= 0.6 is 11.8 Å². The van der Waals surface area contributed by atoms with Crippen LogP contribution in [0.1, 0.15) is 5.69 Å².